The number of hydrogen-bond acceptors (Lipinski definition) is 3. The Bertz CT molecular complexity index is 1100. The molecule has 32 heavy (non-hydrogen) atoms. The fourth-order valence-corrected chi connectivity index (χ4v) is 3.51. The van der Waals surface area contributed by atoms with Crippen molar-refractivity contribution in [1.29, 1.82) is 0 Å². The fourth-order valence-electron chi connectivity index (χ4n) is 3.51. The minimum atomic E-state index is -0.144. The highest BCUT2D eigenvalue weighted by molar-refractivity contribution is 5.97. The summed E-state index contributed by atoms with van der Waals surface area (Å²) >= 11 is 0. The molecule has 0 saturated heterocycles. The maximum Gasteiger partial charge on any atom is 0.250 e. The lowest BCUT2D eigenvalue weighted by molar-refractivity contribution is -0.121. The highest BCUT2D eigenvalue weighted by Crippen LogP contribution is 2.12. The van der Waals surface area contributed by atoms with E-state index in [1.165, 1.54) is 11.6 Å². The summed E-state index contributed by atoms with van der Waals surface area (Å²) < 4.78 is 1.64. The summed E-state index contributed by atoms with van der Waals surface area (Å²) in [6, 6.07) is 20.6. The molecule has 5 nitrogen and oxygen atoms in total. The number of ketones is 1. The molecule has 0 aliphatic heterocycles. The van der Waals surface area contributed by atoms with Crippen molar-refractivity contribution in [3.8, 4) is 0 Å². The van der Waals surface area contributed by atoms with E-state index in [1.54, 1.807) is 16.8 Å². The molecule has 0 spiro atoms. The minimum Gasteiger partial charge on any atom is -0.352 e. The van der Waals surface area contributed by atoms with Crippen molar-refractivity contribution in [2.45, 2.75) is 46.2 Å². The van der Waals surface area contributed by atoms with Crippen LogP contribution in [0.15, 0.2) is 77.7 Å². The molecule has 0 radical (unpaired) electrons. The Kier molecular flexibility index (Phi) is 8.14. The largest absolute Gasteiger partial charge is 0.352 e. The standard InChI is InChI=1S/C27H30N2O3/c1-20(2)17-21-10-12-24(13-11-21)25(30)14-15-26(31)28-18-22-6-8-23(9-7-22)19-29-16-4-3-5-27(29)32/h3-13,16,20H,14-15,17-19H2,1-2H3,(H,28,31). The number of pyridine rings is 1. The third-order valence-corrected chi connectivity index (χ3v) is 5.26. The van der Waals surface area contributed by atoms with Crippen LogP contribution < -0.4 is 10.9 Å². The van der Waals surface area contributed by atoms with Gasteiger partial charge in [0.1, 0.15) is 0 Å². The summed E-state index contributed by atoms with van der Waals surface area (Å²) in [5.74, 6) is 0.413. The molecule has 0 bridgehead atoms. The van der Waals surface area contributed by atoms with Crippen LogP contribution in [0.4, 0.5) is 0 Å². The van der Waals surface area contributed by atoms with Gasteiger partial charge in [0, 0.05) is 37.2 Å². The quantitative estimate of drug-likeness (QED) is 0.486. The highest BCUT2D eigenvalue weighted by atomic mass is 16.2. The van der Waals surface area contributed by atoms with Gasteiger partial charge >= 0.3 is 0 Å². The van der Waals surface area contributed by atoms with Crippen molar-refractivity contribution in [2.75, 3.05) is 0 Å². The Morgan fingerprint density at radius 2 is 1.50 bits per heavy atom. The first-order valence-electron chi connectivity index (χ1n) is 11.0. The van der Waals surface area contributed by atoms with Crippen molar-refractivity contribution in [3.05, 3.63) is 106 Å². The van der Waals surface area contributed by atoms with Gasteiger partial charge in [0.15, 0.2) is 5.78 Å². The normalized spacial score (nSPS) is 10.8. The van der Waals surface area contributed by atoms with Gasteiger partial charge in [0.05, 0.1) is 6.54 Å². The molecular weight excluding hydrogens is 400 g/mol. The Morgan fingerprint density at radius 1 is 0.844 bits per heavy atom. The maximum absolute atomic E-state index is 12.4. The van der Waals surface area contributed by atoms with Crippen LogP contribution in [0.1, 0.15) is 53.7 Å². The van der Waals surface area contributed by atoms with Gasteiger partial charge in [-0.2, -0.15) is 0 Å². The predicted molar refractivity (Wildman–Crippen MR) is 127 cm³/mol. The Morgan fingerprint density at radius 3 is 2.16 bits per heavy atom. The summed E-state index contributed by atoms with van der Waals surface area (Å²) in [4.78, 5) is 36.3. The number of benzene rings is 2. The monoisotopic (exact) mass is 430 g/mol. The summed E-state index contributed by atoms with van der Waals surface area (Å²) in [5, 5.41) is 2.87. The summed E-state index contributed by atoms with van der Waals surface area (Å²) in [6.45, 7) is 5.24. The number of Topliss-reactive ketones (excluding diaryl/α,β-unsaturated/α-hetero) is 1. The number of aromatic nitrogens is 1. The first-order chi connectivity index (χ1) is 15.4. The van der Waals surface area contributed by atoms with E-state index in [0.717, 1.165) is 17.5 Å². The number of rotatable bonds is 10. The van der Waals surface area contributed by atoms with Gasteiger partial charge in [-0.3, -0.25) is 14.4 Å². The lowest BCUT2D eigenvalue weighted by atomic mass is 9.99. The van der Waals surface area contributed by atoms with Crippen molar-refractivity contribution in [1.82, 2.24) is 9.88 Å². The van der Waals surface area contributed by atoms with Crippen LogP contribution in [0.5, 0.6) is 0 Å². The maximum atomic E-state index is 12.4. The van der Waals surface area contributed by atoms with Gasteiger partial charge < -0.3 is 9.88 Å². The van der Waals surface area contributed by atoms with Crippen molar-refractivity contribution < 1.29 is 9.59 Å². The molecule has 3 rings (SSSR count). The molecule has 1 N–H and O–H groups in total. The molecule has 0 atom stereocenters. The number of hydrogen-bond donors (Lipinski definition) is 1. The minimum absolute atomic E-state index is 0.0169. The van der Waals surface area contributed by atoms with Gasteiger partial charge in [-0.1, -0.05) is 68.4 Å². The van der Waals surface area contributed by atoms with Crippen LogP contribution in [0.2, 0.25) is 0 Å². The fraction of sp³-hybridized carbons (Fsp3) is 0.296. The number of amides is 1. The predicted octanol–water partition coefficient (Wildman–Crippen LogP) is 4.37. The Balaban J connectivity index is 1.43. The molecule has 1 aromatic heterocycles. The number of nitrogens with one attached hydrogen (secondary N) is 1. The topological polar surface area (TPSA) is 68.2 Å². The van der Waals surface area contributed by atoms with Gasteiger partial charge in [-0.25, -0.2) is 0 Å². The lowest BCUT2D eigenvalue weighted by Crippen LogP contribution is -2.23. The second kappa shape index (κ2) is 11.2. The van der Waals surface area contributed by atoms with E-state index < -0.39 is 0 Å². The smallest absolute Gasteiger partial charge is 0.250 e. The first-order valence-corrected chi connectivity index (χ1v) is 11.0. The molecule has 166 valence electrons. The molecule has 3 aromatic rings. The number of nitrogens with zero attached hydrogens (tertiary/aromatic N) is 1. The second-order valence-corrected chi connectivity index (χ2v) is 8.48. The van der Waals surface area contributed by atoms with E-state index >= 15 is 0 Å². The van der Waals surface area contributed by atoms with E-state index in [2.05, 4.69) is 19.2 Å². The second-order valence-electron chi connectivity index (χ2n) is 8.48. The molecule has 5 heteroatoms. The Hall–Kier alpha value is -3.47. The van der Waals surface area contributed by atoms with E-state index in [9.17, 15) is 14.4 Å². The van der Waals surface area contributed by atoms with Gasteiger partial charge in [0.2, 0.25) is 5.91 Å². The van der Waals surface area contributed by atoms with E-state index in [4.69, 9.17) is 0 Å². The summed E-state index contributed by atoms with van der Waals surface area (Å²) in [6.07, 6.45) is 3.11. The summed E-state index contributed by atoms with van der Waals surface area (Å²) in [7, 11) is 0. The molecule has 0 fully saturated rings. The van der Waals surface area contributed by atoms with Crippen LogP contribution >= 0.6 is 0 Å². The van der Waals surface area contributed by atoms with E-state index in [1.807, 2.05) is 54.6 Å². The van der Waals surface area contributed by atoms with Crippen LogP contribution in [0, 0.1) is 5.92 Å². The third-order valence-electron chi connectivity index (χ3n) is 5.26. The number of carbonyl (C=O) groups is 2. The molecule has 1 heterocycles. The number of carbonyl (C=O) groups excluding carboxylic acids is 2. The Labute approximate surface area is 189 Å². The molecule has 0 saturated carbocycles. The molecule has 2 aromatic carbocycles. The van der Waals surface area contributed by atoms with Gasteiger partial charge in [-0.05, 0) is 35.1 Å². The van der Waals surface area contributed by atoms with Crippen molar-refractivity contribution in [3.63, 3.8) is 0 Å². The molecule has 1 amide bonds. The average molecular weight is 431 g/mol. The van der Waals surface area contributed by atoms with Crippen LogP contribution in [0.25, 0.3) is 0 Å². The van der Waals surface area contributed by atoms with Crippen LogP contribution in [-0.2, 0) is 24.3 Å². The third kappa shape index (κ3) is 7.05. The van der Waals surface area contributed by atoms with E-state index in [0.29, 0.717) is 24.6 Å². The average Bonchev–Trinajstić information content (AvgIpc) is 2.78. The van der Waals surface area contributed by atoms with Crippen molar-refractivity contribution >= 4 is 11.7 Å². The molecule has 0 aliphatic carbocycles. The SMILES string of the molecule is CC(C)Cc1ccc(C(=O)CCC(=O)NCc2ccc(Cn3ccccc3=O)cc2)cc1. The van der Waals surface area contributed by atoms with Crippen LogP contribution in [-0.4, -0.2) is 16.3 Å². The zero-order valence-electron chi connectivity index (χ0n) is 18.7. The van der Waals surface area contributed by atoms with Gasteiger partial charge in [-0.15, -0.1) is 0 Å². The zero-order valence-corrected chi connectivity index (χ0v) is 18.7. The van der Waals surface area contributed by atoms with Crippen LogP contribution in [0.3, 0.4) is 0 Å². The molecule has 0 unspecified atom stereocenters. The lowest BCUT2D eigenvalue weighted by Gasteiger charge is -2.08. The van der Waals surface area contributed by atoms with Gasteiger partial charge in [0.25, 0.3) is 5.56 Å². The molecule has 0 aliphatic rings. The molecular formula is C27H30N2O3. The highest BCUT2D eigenvalue weighted by Gasteiger charge is 2.10. The first kappa shape index (κ1) is 23.2. The summed E-state index contributed by atoms with van der Waals surface area (Å²) in [5.41, 5.74) is 3.81. The van der Waals surface area contributed by atoms with Crippen molar-refractivity contribution in [2.24, 2.45) is 5.92 Å². The van der Waals surface area contributed by atoms with E-state index in [-0.39, 0.29) is 30.1 Å². The zero-order chi connectivity index (χ0) is 22.9.